The number of aliphatic carboxylic acids is 1. The van der Waals surface area contributed by atoms with Gasteiger partial charge in [0.1, 0.15) is 5.33 Å². The van der Waals surface area contributed by atoms with Crippen molar-refractivity contribution in [2.45, 2.75) is 52.7 Å². The Morgan fingerprint density at radius 2 is 1.36 bits per heavy atom. The summed E-state index contributed by atoms with van der Waals surface area (Å²) in [5.74, 6) is -0.829. The van der Waals surface area contributed by atoms with Crippen LogP contribution in [-0.2, 0) is 9.53 Å². The van der Waals surface area contributed by atoms with Crippen LogP contribution in [0.4, 0.5) is 0 Å². The van der Waals surface area contributed by atoms with Crippen molar-refractivity contribution in [2.24, 2.45) is 0 Å². The van der Waals surface area contributed by atoms with Crippen LogP contribution in [0.15, 0.2) is 0 Å². The summed E-state index contributed by atoms with van der Waals surface area (Å²) in [5, 5.41) is 7.71. The Bertz CT molecular complexity index is 153. The Labute approximate surface area is 95.0 Å². The smallest absolute Gasteiger partial charge is 0.314 e. The van der Waals surface area contributed by atoms with Gasteiger partial charge in [0.15, 0.2) is 0 Å². The first-order chi connectivity index (χ1) is 5.98. The van der Waals surface area contributed by atoms with Crippen LogP contribution >= 0.6 is 15.9 Å². The van der Waals surface area contributed by atoms with E-state index in [4.69, 9.17) is 9.84 Å². The molecule has 0 saturated carbocycles. The summed E-state index contributed by atoms with van der Waals surface area (Å²) in [6.45, 7) is 12.4. The fourth-order valence-corrected chi connectivity index (χ4v) is 0.919. The van der Waals surface area contributed by atoms with Gasteiger partial charge in [-0.25, -0.2) is 0 Å². The molecular weight excluding hydrogens is 248 g/mol. The maximum Gasteiger partial charge on any atom is 0.314 e. The lowest BCUT2D eigenvalue weighted by molar-refractivity contribution is -0.133. The summed E-state index contributed by atoms with van der Waals surface area (Å²) in [6, 6.07) is 0. The number of hydrogen-bond acceptors (Lipinski definition) is 2. The molecule has 86 valence electrons. The number of rotatable bonds is 1. The SMILES string of the molecule is CC(C)(C)OC(C)(C)C.O=C(O)CBr. The molecule has 0 aromatic rings. The number of halogens is 1. The third-order valence-corrected chi connectivity index (χ3v) is 1.21. The summed E-state index contributed by atoms with van der Waals surface area (Å²) in [7, 11) is 0. The first-order valence-electron chi connectivity index (χ1n) is 4.46. The quantitative estimate of drug-likeness (QED) is 0.744. The number of ether oxygens (including phenoxy) is 1. The number of hydrogen-bond donors (Lipinski definition) is 1. The molecule has 0 radical (unpaired) electrons. The van der Waals surface area contributed by atoms with Crippen molar-refractivity contribution in [1.82, 2.24) is 0 Å². The van der Waals surface area contributed by atoms with Gasteiger partial charge in [-0.15, -0.1) is 0 Å². The van der Waals surface area contributed by atoms with Gasteiger partial charge in [-0.1, -0.05) is 15.9 Å². The normalized spacial score (nSPS) is 11.6. The lowest BCUT2D eigenvalue weighted by Gasteiger charge is -2.30. The van der Waals surface area contributed by atoms with Crippen molar-refractivity contribution in [2.75, 3.05) is 5.33 Å². The first kappa shape index (κ1) is 16.3. The topological polar surface area (TPSA) is 46.5 Å². The van der Waals surface area contributed by atoms with E-state index < -0.39 is 5.97 Å². The average Bonchev–Trinajstić information content (AvgIpc) is 1.80. The van der Waals surface area contributed by atoms with E-state index in [0.717, 1.165) is 0 Å². The minimum absolute atomic E-state index is 0.0156. The zero-order chi connectivity index (χ0) is 12.0. The monoisotopic (exact) mass is 268 g/mol. The predicted octanol–water partition coefficient (Wildman–Crippen LogP) is 3.07. The molecule has 0 aliphatic carbocycles. The van der Waals surface area contributed by atoms with E-state index in [1.807, 2.05) is 0 Å². The maximum atomic E-state index is 9.32. The van der Waals surface area contributed by atoms with Crippen LogP contribution in [0.5, 0.6) is 0 Å². The van der Waals surface area contributed by atoms with Crippen molar-refractivity contribution in [3.63, 3.8) is 0 Å². The van der Waals surface area contributed by atoms with Gasteiger partial charge in [-0.05, 0) is 41.5 Å². The molecule has 0 rings (SSSR count). The van der Waals surface area contributed by atoms with Gasteiger partial charge in [0.2, 0.25) is 0 Å². The third-order valence-electron chi connectivity index (χ3n) is 0.727. The fourth-order valence-electron chi connectivity index (χ4n) is 0.919. The van der Waals surface area contributed by atoms with Crippen LogP contribution in [0, 0.1) is 0 Å². The van der Waals surface area contributed by atoms with Gasteiger partial charge in [0.05, 0.1) is 11.2 Å². The van der Waals surface area contributed by atoms with Crippen molar-refractivity contribution >= 4 is 21.9 Å². The van der Waals surface area contributed by atoms with Crippen molar-refractivity contribution < 1.29 is 14.6 Å². The number of alkyl halides is 1. The summed E-state index contributed by atoms with van der Waals surface area (Å²) in [5.41, 5.74) is -0.0312. The second-order valence-corrected chi connectivity index (χ2v) is 5.41. The zero-order valence-electron chi connectivity index (χ0n) is 9.85. The molecule has 0 fully saturated rings. The molecule has 0 aromatic heterocycles. The van der Waals surface area contributed by atoms with E-state index in [1.54, 1.807) is 0 Å². The molecule has 0 amide bonds. The highest BCUT2D eigenvalue weighted by Gasteiger charge is 2.19. The van der Waals surface area contributed by atoms with E-state index in [9.17, 15) is 4.79 Å². The molecule has 0 unspecified atom stereocenters. The largest absolute Gasteiger partial charge is 0.481 e. The van der Waals surface area contributed by atoms with Gasteiger partial charge < -0.3 is 9.84 Å². The van der Waals surface area contributed by atoms with E-state index >= 15 is 0 Å². The molecule has 1 N–H and O–H groups in total. The molecule has 0 aromatic carbocycles. The van der Waals surface area contributed by atoms with Crippen LogP contribution in [0.25, 0.3) is 0 Å². The van der Waals surface area contributed by atoms with Gasteiger partial charge in [-0.2, -0.15) is 0 Å². The summed E-state index contributed by atoms with van der Waals surface area (Å²) in [4.78, 5) is 9.32. The lowest BCUT2D eigenvalue weighted by atomic mass is 10.1. The molecule has 0 heterocycles. The van der Waals surface area contributed by atoms with Gasteiger partial charge in [-0.3, -0.25) is 4.79 Å². The van der Waals surface area contributed by atoms with Crippen molar-refractivity contribution in [3.8, 4) is 0 Å². The van der Waals surface area contributed by atoms with E-state index in [0.29, 0.717) is 0 Å². The van der Waals surface area contributed by atoms with Gasteiger partial charge in [0.25, 0.3) is 0 Å². The highest BCUT2D eigenvalue weighted by Crippen LogP contribution is 2.17. The fraction of sp³-hybridized carbons (Fsp3) is 0.900. The standard InChI is InChI=1S/C8H18O.C2H3BrO2/c1-7(2,3)9-8(4,5)6;3-1-2(4)5/h1-6H3;1H2,(H,4,5). The van der Waals surface area contributed by atoms with Crippen LogP contribution in [-0.4, -0.2) is 27.6 Å². The van der Waals surface area contributed by atoms with Gasteiger partial charge in [0, 0.05) is 0 Å². The molecule has 0 bridgehead atoms. The number of carbonyl (C=O) groups is 1. The summed E-state index contributed by atoms with van der Waals surface area (Å²) in [6.07, 6.45) is 0. The zero-order valence-corrected chi connectivity index (χ0v) is 11.4. The van der Waals surface area contributed by atoms with E-state index in [-0.39, 0.29) is 16.5 Å². The Kier molecular flexibility index (Phi) is 7.48. The lowest BCUT2D eigenvalue weighted by Crippen LogP contribution is -2.31. The highest BCUT2D eigenvalue weighted by molar-refractivity contribution is 9.09. The summed E-state index contributed by atoms with van der Waals surface area (Å²) >= 11 is 2.71. The molecule has 0 saturated heterocycles. The molecular formula is C10H21BrO3. The minimum Gasteiger partial charge on any atom is -0.481 e. The summed E-state index contributed by atoms with van der Waals surface area (Å²) < 4.78 is 5.62. The maximum absolute atomic E-state index is 9.32. The predicted molar refractivity (Wildman–Crippen MR) is 62.0 cm³/mol. The molecule has 0 aliphatic rings. The second-order valence-electron chi connectivity index (χ2n) is 4.85. The second kappa shape index (κ2) is 6.40. The molecule has 0 spiro atoms. The van der Waals surface area contributed by atoms with Gasteiger partial charge >= 0.3 is 5.97 Å². The Balaban J connectivity index is 0. The average molecular weight is 269 g/mol. The number of carboxylic acids is 1. The first-order valence-corrected chi connectivity index (χ1v) is 5.58. The molecule has 4 heteroatoms. The highest BCUT2D eigenvalue weighted by atomic mass is 79.9. The van der Waals surface area contributed by atoms with E-state index in [2.05, 4.69) is 57.5 Å². The Hall–Kier alpha value is -0.0900. The number of carboxylic acid groups (broad SMARTS) is 1. The molecule has 3 nitrogen and oxygen atoms in total. The van der Waals surface area contributed by atoms with Crippen LogP contribution in [0.1, 0.15) is 41.5 Å². The van der Waals surface area contributed by atoms with Crippen LogP contribution < -0.4 is 0 Å². The molecule has 0 atom stereocenters. The Morgan fingerprint density at radius 3 is 1.36 bits per heavy atom. The Morgan fingerprint density at radius 1 is 1.14 bits per heavy atom. The van der Waals surface area contributed by atoms with Crippen molar-refractivity contribution in [1.29, 1.82) is 0 Å². The molecule has 0 aliphatic heterocycles. The van der Waals surface area contributed by atoms with Crippen LogP contribution in [0.2, 0.25) is 0 Å². The molecule has 14 heavy (non-hydrogen) atoms. The van der Waals surface area contributed by atoms with E-state index in [1.165, 1.54) is 0 Å². The van der Waals surface area contributed by atoms with Crippen LogP contribution in [0.3, 0.4) is 0 Å². The van der Waals surface area contributed by atoms with Crippen molar-refractivity contribution in [3.05, 3.63) is 0 Å². The minimum atomic E-state index is -0.829. The third kappa shape index (κ3) is 22.7.